The average molecular weight is 252 g/mol. The van der Waals surface area contributed by atoms with Gasteiger partial charge in [-0.1, -0.05) is 12.1 Å². The SMILES string of the molecule is CN(C(=O)CC1COCCN1)c1ccccc1F. The standard InChI is InChI=1S/C13H17FN2O2/c1-16(12-5-3-2-4-11(12)14)13(17)8-10-9-18-7-6-15-10/h2-5,10,15H,6-9H2,1H3. The molecule has 1 unspecified atom stereocenters. The summed E-state index contributed by atoms with van der Waals surface area (Å²) in [5, 5.41) is 3.20. The van der Waals surface area contributed by atoms with Gasteiger partial charge in [-0.2, -0.15) is 0 Å². The lowest BCUT2D eigenvalue weighted by atomic mass is 10.1. The molecule has 1 N–H and O–H groups in total. The van der Waals surface area contributed by atoms with Gasteiger partial charge < -0.3 is 15.0 Å². The fourth-order valence-electron chi connectivity index (χ4n) is 1.96. The Bertz CT molecular complexity index is 419. The number of benzene rings is 1. The number of para-hydroxylation sites is 1. The third-order valence-electron chi connectivity index (χ3n) is 3.01. The van der Waals surface area contributed by atoms with Crippen LogP contribution in [0.4, 0.5) is 10.1 Å². The molecule has 18 heavy (non-hydrogen) atoms. The molecule has 1 amide bonds. The smallest absolute Gasteiger partial charge is 0.228 e. The van der Waals surface area contributed by atoms with Crippen molar-refractivity contribution in [1.29, 1.82) is 0 Å². The number of ether oxygens (including phenoxy) is 1. The summed E-state index contributed by atoms with van der Waals surface area (Å²) in [6.07, 6.45) is 0.310. The van der Waals surface area contributed by atoms with Crippen LogP contribution in [-0.2, 0) is 9.53 Å². The van der Waals surface area contributed by atoms with Crippen molar-refractivity contribution in [2.75, 3.05) is 31.7 Å². The fourth-order valence-corrected chi connectivity index (χ4v) is 1.96. The quantitative estimate of drug-likeness (QED) is 0.878. The number of carbonyl (C=O) groups excluding carboxylic acids is 1. The number of nitrogens with one attached hydrogen (secondary N) is 1. The Balaban J connectivity index is 1.98. The van der Waals surface area contributed by atoms with Crippen molar-refractivity contribution in [2.45, 2.75) is 12.5 Å². The van der Waals surface area contributed by atoms with Gasteiger partial charge in [0.2, 0.25) is 5.91 Å². The first kappa shape index (κ1) is 13.0. The van der Waals surface area contributed by atoms with E-state index in [9.17, 15) is 9.18 Å². The van der Waals surface area contributed by atoms with Crippen molar-refractivity contribution in [3.63, 3.8) is 0 Å². The molecule has 0 radical (unpaired) electrons. The van der Waals surface area contributed by atoms with Gasteiger partial charge in [0.1, 0.15) is 5.82 Å². The van der Waals surface area contributed by atoms with Crippen molar-refractivity contribution in [3.8, 4) is 0 Å². The second-order valence-corrected chi connectivity index (χ2v) is 4.33. The summed E-state index contributed by atoms with van der Waals surface area (Å²) in [4.78, 5) is 13.4. The Kier molecular flexibility index (Phi) is 4.28. The van der Waals surface area contributed by atoms with Gasteiger partial charge in [0.05, 0.1) is 18.9 Å². The molecule has 1 aliphatic rings. The minimum atomic E-state index is -0.388. The maximum absolute atomic E-state index is 13.5. The second kappa shape index (κ2) is 5.93. The Morgan fingerprint density at radius 1 is 1.56 bits per heavy atom. The molecule has 1 heterocycles. The molecule has 0 aromatic heterocycles. The topological polar surface area (TPSA) is 41.6 Å². The molecule has 1 fully saturated rings. The fraction of sp³-hybridized carbons (Fsp3) is 0.462. The molecule has 4 nitrogen and oxygen atoms in total. The molecule has 1 saturated heterocycles. The van der Waals surface area contributed by atoms with Gasteiger partial charge in [-0.15, -0.1) is 0 Å². The van der Waals surface area contributed by atoms with Crippen molar-refractivity contribution in [2.24, 2.45) is 0 Å². The summed E-state index contributed by atoms with van der Waals surface area (Å²) in [5.41, 5.74) is 0.305. The largest absolute Gasteiger partial charge is 0.378 e. The highest BCUT2D eigenvalue weighted by molar-refractivity contribution is 5.93. The first-order valence-electron chi connectivity index (χ1n) is 6.00. The Morgan fingerprint density at radius 2 is 2.33 bits per heavy atom. The highest BCUT2D eigenvalue weighted by Gasteiger charge is 2.21. The third-order valence-corrected chi connectivity index (χ3v) is 3.01. The highest BCUT2D eigenvalue weighted by atomic mass is 19.1. The summed E-state index contributed by atoms with van der Waals surface area (Å²) >= 11 is 0. The van der Waals surface area contributed by atoms with E-state index in [2.05, 4.69) is 5.32 Å². The number of morpholine rings is 1. The maximum atomic E-state index is 13.5. The number of amides is 1. The van der Waals surface area contributed by atoms with Crippen LogP contribution in [0.1, 0.15) is 6.42 Å². The minimum Gasteiger partial charge on any atom is -0.378 e. The number of hydrogen-bond acceptors (Lipinski definition) is 3. The summed E-state index contributed by atoms with van der Waals surface area (Å²) in [5.74, 6) is -0.510. The zero-order chi connectivity index (χ0) is 13.0. The normalized spacial score (nSPS) is 19.6. The Labute approximate surface area is 106 Å². The second-order valence-electron chi connectivity index (χ2n) is 4.33. The van der Waals surface area contributed by atoms with E-state index in [0.717, 1.165) is 6.54 Å². The van der Waals surface area contributed by atoms with E-state index in [1.54, 1.807) is 25.2 Å². The Morgan fingerprint density at radius 3 is 3.00 bits per heavy atom. The number of carbonyl (C=O) groups is 1. The van der Waals surface area contributed by atoms with E-state index < -0.39 is 0 Å². The third kappa shape index (κ3) is 3.05. The van der Waals surface area contributed by atoms with Crippen molar-refractivity contribution >= 4 is 11.6 Å². The molecule has 1 aromatic rings. The molecular formula is C13H17FN2O2. The molecule has 0 saturated carbocycles. The molecule has 1 aliphatic heterocycles. The van der Waals surface area contributed by atoms with Crippen LogP contribution < -0.4 is 10.2 Å². The lowest BCUT2D eigenvalue weighted by Gasteiger charge is -2.25. The zero-order valence-electron chi connectivity index (χ0n) is 10.4. The van der Waals surface area contributed by atoms with Crippen molar-refractivity contribution in [3.05, 3.63) is 30.1 Å². The van der Waals surface area contributed by atoms with Crippen LogP contribution >= 0.6 is 0 Å². The van der Waals surface area contributed by atoms with E-state index in [1.165, 1.54) is 11.0 Å². The molecule has 0 spiro atoms. The lowest BCUT2D eigenvalue weighted by Crippen LogP contribution is -2.44. The molecule has 5 heteroatoms. The van der Waals surface area contributed by atoms with Gasteiger partial charge in [-0.3, -0.25) is 4.79 Å². The minimum absolute atomic E-state index is 0.0143. The number of rotatable bonds is 3. The van der Waals surface area contributed by atoms with Crippen LogP contribution in [-0.4, -0.2) is 38.8 Å². The van der Waals surface area contributed by atoms with Crippen LogP contribution in [0.5, 0.6) is 0 Å². The number of nitrogens with zero attached hydrogens (tertiary/aromatic N) is 1. The van der Waals surface area contributed by atoms with Gasteiger partial charge in [-0.25, -0.2) is 4.39 Å². The molecule has 1 aromatic carbocycles. The number of halogens is 1. The van der Waals surface area contributed by atoms with E-state index in [1.807, 2.05) is 0 Å². The lowest BCUT2D eigenvalue weighted by molar-refractivity contribution is -0.119. The molecule has 98 valence electrons. The van der Waals surface area contributed by atoms with E-state index in [4.69, 9.17) is 4.74 Å². The average Bonchev–Trinajstić information content (AvgIpc) is 2.39. The van der Waals surface area contributed by atoms with Crippen molar-refractivity contribution in [1.82, 2.24) is 5.32 Å². The number of anilines is 1. The highest BCUT2D eigenvalue weighted by Crippen LogP contribution is 2.18. The summed E-state index contributed by atoms with van der Waals surface area (Å²) in [6, 6.07) is 6.28. The molecule has 0 bridgehead atoms. The first-order chi connectivity index (χ1) is 8.68. The maximum Gasteiger partial charge on any atom is 0.228 e. The summed E-state index contributed by atoms with van der Waals surface area (Å²) < 4.78 is 18.8. The molecule has 0 aliphatic carbocycles. The van der Waals surface area contributed by atoms with E-state index in [0.29, 0.717) is 25.3 Å². The van der Waals surface area contributed by atoms with Gasteiger partial charge >= 0.3 is 0 Å². The predicted octanol–water partition coefficient (Wildman–Crippen LogP) is 1.17. The van der Waals surface area contributed by atoms with Crippen LogP contribution in [0.15, 0.2) is 24.3 Å². The van der Waals surface area contributed by atoms with Gasteiger partial charge in [-0.05, 0) is 12.1 Å². The van der Waals surface area contributed by atoms with Gasteiger partial charge in [0.15, 0.2) is 0 Å². The van der Waals surface area contributed by atoms with Crippen LogP contribution in [0.25, 0.3) is 0 Å². The van der Waals surface area contributed by atoms with E-state index in [-0.39, 0.29) is 17.8 Å². The molecule has 1 atom stereocenters. The summed E-state index contributed by atoms with van der Waals surface area (Å²) in [6.45, 7) is 1.95. The predicted molar refractivity (Wildman–Crippen MR) is 67.0 cm³/mol. The zero-order valence-corrected chi connectivity index (χ0v) is 10.4. The van der Waals surface area contributed by atoms with Crippen LogP contribution in [0.3, 0.4) is 0 Å². The van der Waals surface area contributed by atoms with Gasteiger partial charge in [0.25, 0.3) is 0 Å². The van der Waals surface area contributed by atoms with Crippen LogP contribution in [0.2, 0.25) is 0 Å². The van der Waals surface area contributed by atoms with E-state index >= 15 is 0 Å². The Hall–Kier alpha value is -1.46. The van der Waals surface area contributed by atoms with Crippen molar-refractivity contribution < 1.29 is 13.9 Å². The van der Waals surface area contributed by atoms with Crippen LogP contribution in [0, 0.1) is 5.82 Å². The number of hydrogen-bond donors (Lipinski definition) is 1. The monoisotopic (exact) mass is 252 g/mol. The van der Waals surface area contributed by atoms with Gasteiger partial charge in [0, 0.05) is 26.1 Å². The molecular weight excluding hydrogens is 235 g/mol. The first-order valence-corrected chi connectivity index (χ1v) is 6.00. The molecule has 2 rings (SSSR count). The summed E-state index contributed by atoms with van der Waals surface area (Å²) in [7, 11) is 1.59.